The van der Waals surface area contributed by atoms with E-state index in [0.29, 0.717) is 11.5 Å². The number of carboxylic acid groups (broad SMARTS) is 1. The van der Waals surface area contributed by atoms with Crippen LogP contribution in [0, 0.1) is 5.92 Å². The van der Waals surface area contributed by atoms with Gasteiger partial charge in [0.1, 0.15) is 6.54 Å². The third kappa shape index (κ3) is 40.2. The van der Waals surface area contributed by atoms with Crippen LogP contribution in [0.3, 0.4) is 0 Å². The number of unbranched alkanes of at least 4 members (excludes halogenated alkanes) is 2. The van der Waals surface area contributed by atoms with Gasteiger partial charge in [-0.05, 0) is 40.4 Å². The second-order valence-electron chi connectivity index (χ2n) is 6.20. The molecule has 0 aliphatic heterocycles. The Kier molecular flexibility index (Phi) is 31.9. The second-order valence-corrected chi connectivity index (χ2v) is 6.20. The van der Waals surface area contributed by atoms with Gasteiger partial charge in [-0.3, -0.25) is 9.59 Å². The van der Waals surface area contributed by atoms with Gasteiger partial charge in [0.25, 0.3) is 5.91 Å². The maximum atomic E-state index is 11.4. The largest absolute Gasteiger partial charge is 0.480 e. The molecule has 0 saturated heterocycles. The standard InChI is InChI=1S/C11H17NO3.C6H12.C3H9N.CH4O/c1-4-9(6-5-8(2)3)11(15)12-7-10(13)14;1-3-5-6-4-2;1-4(2)3;1-2/h4-6,8H,7H2,1-3H3,(H,12,15)(H,13,14);3H,1,4-6H2,2H3;1-3H3;2H,1H3/b6-5-,9-4+;;;. The normalized spacial score (nSPS) is 10.1. The topological polar surface area (TPSA) is 89.9 Å². The smallest absolute Gasteiger partial charge is 0.322 e. The molecule has 0 aromatic carbocycles. The summed E-state index contributed by atoms with van der Waals surface area (Å²) >= 11 is 0. The third-order valence-corrected chi connectivity index (χ3v) is 2.40. The molecule has 27 heavy (non-hydrogen) atoms. The van der Waals surface area contributed by atoms with Crippen molar-refractivity contribution >= 4 is 11.9 Å². The summed E-state index contributed by atoms with van der Waals surface area (Å²) < 4.78 is 0. The molecule has 0 aromatic heterocycles. The van der Waals surface area contributed by atoms with E-state index in [0.717, 1.165) is 7.11 Å². The summed E-state index contributed by atoms with van der Waals surface area (Å²) in [6.45, 7) is 11.2. The number of amides is 1. The van der Waals surface area contributed by atoms with Gasteiger partial charge in [0.2, 0.25) is 0 Å². The van der Waals surface area contributed by atoms with Gasteiger partial charge in [-0.2, -0.15) is 0 Å². The van der Waals surface area contributed by atoms with Crippen molar-refractivity contribution < 1.29 is 19.8 Å². The van der Waals surface area contributed by atoms with E-state index in [1.807, 2.05) is 52.0 Å². The molecule has 0 rings (SSSR count). The number of nitrogens with one attached hydrogen (secondary N) is 1. The zero-order valence-corrected chi connectivity index (χ0v) is 18.6. The molecule has 0 fully saturated rings. The van der Waals surface area contributed by atoms with Gasteiger partial charge in [0, 0.05) is 12.7 Å². The van der Waals surface area contributed by atoms with E-state index < -0.39 is 5.97 Å². The number of nitrogens with zero attached hydrogens (tertiary/aromatic N) is 1. The van der Waals surface area contributed by atoms with Crippen molar-refractivity contribution in [2.75, 3.05) is 34.8 Å². The predicted molar refractivity (Wildman–Crippen MR) is 116 cm³/mol. The minimum atomic E-state index is -1.05. The third-order valence-electron chi connectivity index (χ3n) is 2.40. The highest BCUT2D eigenvalue weighted by Crippen LogP contribution is 2.01. The van der Waals surface area contributed by atoms with Crippen molar-refractivity contribution in [1.29, 1.82) is 0 Å². The van der Waals surface area contributed by atoms with Crippen LogP contribution in [-0.4, -0.2) is 61.8 Å². The van der Waals surface area contributed by atoms with Crippen LogP contribution in [-0.2, 0) is 9.59 Å². The van der Waals surface area contributed by atoms with E-state index in [1.54, 1.807) is 19.1 Å². The molecular formula is C21H42N2O4. The van der Waals surface area contributed by atoms with E-state index in [9.17, 15) is 9.59 Å². The van der Waals surface area contributed by atoms with Gasteiger partial charge in [-0.15, -0.1) is 6.58 Å². The highest BCUT2D eigenvalue weighted by atomic mass is 16.4. The first-order valence-electron chi connectivity index (χ1n) is 9.13. The lowest BCUT2D eigenvalue weighted by molar-refractivity contribution is -0.137. The molecule has 0 bridgehead atoms. The van der Waals surface area contributed by atoms with Gasteiger partial charge in [0.15, 0.2) is 0 Å². The number of aliphatic hydroxyl groups excluding tert-OH is 1. The number of hydrogen-bond acceptors (Lipinski definition) is 4. The lowest BCUT2D eigenvalue weighted by Crippen LogP contribution is -2.29. The fourth-order valence-corrected chi connectivity index (χ4v) is 1.21. The molecule has 1 amide bonds. The number of rotatable bonds is 8. The van der Waals surface area contributed by atoms with Crippen molar-refractivity contribution in [3.63, 3.8) is 0 Å². The first kappa shape index (κ1) is 32.7. The molecule has 0 aliphatic carbocycles. The molecule has 6 heteroatoms. The summed E-state index contributed by atoms with van der Waals surface area (Å²) in [5.41, 5.74) is 0.477. The van der Waals surface area contributed by atoms with Crippen molar-refractivity contribution in [3.8, 4) is 0 Å². The van der Waals surface area contributed by atoms with Gasteiger partial charge in [-0.1, -0.05) is 57.9 Å². The van der Waals surface area contributed by atoms with Crippen LogP contribution in [0.15, 0.2) is 36.5 Å². The average molecular weight is 387 g/mol. The number of aliphatic carboxylic acids is 1. The molecule has 160 valence electrons. The Balaban J connectivity index is -0.000000181. The van der Waals surface area contributed by atoms with Gasteiger partial charge < -0.3 is 20.4 Å². The predicted octanol–water partition coefficient (Wildman–Crippen LogP) is 3.49. The molecule has 0 atom stereocenters. The van der Waals surface area contributed by atoms with E-state index in [-0.39, 0.29) is 12.5 Å². The lowest BCUT2D eigenvalue weighted by atomic mass is 10.1. The number of carbonyl (C=O) groups is 2. The minimum Gasteiger partial charge on any atom is -0.480 e. The number of aliphatic hydroxyl groups is 1. The summed E-state index contributed by atoms with van der Waals surface area (Å²) in [4.78, 5) is 23.6. The van der Waals surface area contributed by atoms with Gasteiger partial charge in [-0.25, -0.2) is 0 Å². The Bertz CT molecular complexity index is 412. The molecule has 6 nitrogen and oxygen atoms in total. The second kappa shape index (κ2) is 26.3. The molecule has 3 N–H and O–H groups in total. The summed E-state index contributed by atoms with van der Waals surface area (Å²) in [7, 11) is 7.00. The van der Waals surface area contributed by atoms with Crippen LogP contribution < -0.4 is 5.32 Å². The van der Waals surface area contributed by atoms with Crippen LogP contribution >= 0.6 is 0 Å². The first-order chi connectivity index (χ1) is 12.6. The molecule has 0 spiro atoms. The van der Waals surface area contributed by atoms with E-state index >= 15 is 0 Å². The molecular weight excluding hydrogens is 344 g/mol. The maximum Gasteiger partial charge on any atom is 0.322 e. The number of allylic oxidation sites excluding steroid dienone is 3. The fraction of sp³-hybridized carbons (Fsp3) is 0.619. The molecule has 0 unspecified atom stereocenters. The monoisotopic (exact) mass is 386 g/mol. The Morgan fingerprint density at radius 2 is 1.67 bits per heavy atom. The molecule has 0 radical (unpaired) electrons. The number of carbonyl (C=O) groups excluding carboxylic acids is 1. The number of hydrogen-bond donors (Lipinski definition) is 3. The molecule has 0 heterocycles. The van der Waals surface area contributed by atoms with E-state index in [1.165, 1.54) is 19.3 Å². The van der Waals surface area contributed by atoms with E-state index in [4.69, 9.17) is 10.2 Å². The molecule has 0 aliphatic rings. The highest BCUT2D eigenvalue weighted by molar-refractivity contribution is 5.97. The summed E-state index contributed by atoms with van der Waals surface area (Å²) in [5.74, 6) is -1.06. The van der Waals surface area contributed by atoms with Crippen molar-refractivity contribution in [2.45, 2.75) is 47.0 Å². The maximum absolute atomic E-state index is 11.4. The summed E-state index contributed by atoms with van der Waals surface area (Å²) in [5, 5.41) is 17.7. The van der Waals surface area contributed by atoms with Crippen molar-refractivity contribution in [2.24, 2.45) is 5.92 Å². The van der Waals surface area contributed by atoms with Crippen molar-refractivity contribution in [3.05, 3.63) is 36.5 Å². The quantitative estimate of drug-likeness (QED) is 0.257. The van der Waals surface area contributed by atoms with E-state index in [2.05, 4.69) is 18.8 Å². The Morgan fingerprint density at radius 1 is 1.19 bits per heavy atom. The Labute approximate surface area is 166 Å². The number of carboxylic acids is 1. The fourth-order valence-electron chi connectivity index (χ4n) is 1.21. The molecule has 0 saturated carbocycles. The summed E-state index contributed by atoms with van der Waals surface area (Å²) in [6.07, 6.45) is 10.9. The zero-order valence-electron chi connectivity index (χ0n) is 18.6. The Morgan fingerprint density at radius 3 is 1.93 bits per heavy atom. The van der Waals surface area contributed by atoms with Gasteiger partial charge >= 0.3 is 5.97 Å². The minimum absolute atomic E-state index is 0.354. The first-order valence-corrected chi connectivity index (χ1v) is 9.13. The Hall–Kier alpha value is -1.92. The van der Waals surface area contributed by atoms with Crippen LogP contribution in [0.4, 0.5) is 0 Å². The SMILES string of the molecule is C/C=C(\C=C/C(C)C)C(=O)NCC(=O)O.C=CCCCC.CN(C)C.CO. The average Bonchev–Trinajstić information content (AvgIpc) is 2.60. The van der Waals surface area contributed by atoms with Gasteiger partial charge in [0.05, 0.1) is 0 Å². The highest BCUT2D eigenvalue weighted by Gasteiger charge is 2.06. The van der Waals surface area contributed by atoms with Crippen LogP contribution in [0.1, 0.15) is 47.0 Å². The summed E-state index contributed by atoms with van der Waals surface area (Å²) in [6, 6.07) is 0. The van der Waals surface area contributed by atoms with Crippen molar-refractivity contribution in [1.82, 2.24) is 10.2 Å². The molecule has 0 aromatic rings. The van der Waals surface area contributed by atoms with Crippen LogP contribution in [0.2, 0.25) is 0 Å². The van der Waals surface area contributed by atoms with Crippen LogP contribution in [0.5, 0.6) is 0 Å². The zero-order chi connectivity index (χ0) is 22.3. The lowest BCUT2D eigenvalue weighted by Gasteiger charge is -2.03. The van der Waals surface area contributed by atoms with Crippen LogP contribution in [0.25, 0.3) is 0 Å².